The monoisotopic (exact) mass is 546 g/mol. The Morgan fingerprint density at radius 3 is 2.62 bits per heavy atom. The molecule has 0 radical (unpaired) electrons. The van der Waals surface area contributed by atoms with Crippen LogP contribution in [0.15, 0.2) is 42.5 Å². The van der Waals surface area contributed by atoms with Crippen molar-refractivity contribution in [3.8, 4) is 6.07 Å². The molecule has 3 rings (SSSR count). The predicted octanol–water partition coefficient (Wildman–Crippen LogP) is 2.53. The molecule has 3 atom stereocenters. The highest BCUT2D eigenvalue weighted by Gasteiger charge is 2.43. The summed E-state index contributed by atoms with van der Waals surface area (Å²) in [5.74, 6) is -5.30. The van der Waals surface area contributed by atoms with E-state index >= 15 is 0 Å². The van der Waals surface area contributed by atoms with Gasteiger partial charge in [-0.15, -0.1) is 0 Å². The summed E-state index contributed by atoms with van der Waals surface area (Å²) in [4.78, 5) is 28.9. The van der Waals surface area contributed by atoms with Gasteiger partial charge >= 0.3 is 13.2 Å². The minimum atomic E-state index is -2.75. The van der Waals surface area contributed by atoms with Crippen molar-refractivity contribution < 1.29 is 33.2 Å². The van der Waals surface area contributed by atoms with Crippen molar-refractivity contribution in [1.29, 1.82) is 5.26 Å². The average molecular weight is 546 g/mol. The van der Waals surface area contributed by atoms with E-state index in [1.54, 1.807) is 49.1 Å². The summed E-state index contributed by atoms with van der Waals surface area (Å²) >= 11 is 0. The first kappa shape index (κ1) is 30.5. The lowest BCUT2D eigenvalue weighted by Gasteiger charge is -2.33. The van der Waals surface area contributed by atoms with Crippen LogP contribution in [0, 0.1) is 17.2 Å². The molecule has 1 aromatic carbocycles. The van der Waals surface area contributed by atoms with E-state index in [0.717, 1.165) is 5.56 Å². The molecule has 9 nitrogen and oxygen atoms in total. The molecule has 3 N–H and O–H groups in total. The number of benzene rings is 1. The molecule has 0 bridgehead atoms. The summed E-state index contributed by atoms with van der Waals surface area (Å²) in [5.41, 5.74) is 0.0464. The molecule has 1 unspecified atom stereocenters. The highest BCUT2D eigenvalue weighted by molar-refractivity contribution is 6.43. The Kier molecular flexibility index (Phi) is 10.5. The number of hydrogen-bond donors (Lipinski definition) is 3. The van der Waals surface area contributed by atoms with Crippen molar-refractivity contribution >= 4 is 19.1 Å². The third-order valence-electron chi connectivity index (χ3n) is 7.26. The van der Waals surface area contributed by atoms with Crippen molar-refractivity contribution in [2.75, 3.05) is 26.2 Å². The summed E-state index contributed by atoms with van der Waals surface area (Å²) in [6, 6.07) is 11.0. The molecule has 0 spiro atoms. The number of nitrogens with zero attached hydrogens (tertiary/aromatic N) is 3. The van der Waals surface area contributed by atoms with Gasteiger partial charge in [-0.25, -0.2) is 13.6 Å². The van der Waals surface area contributed by atoms with E-state index in [1.807, 2.05) is 12.1 Å². The molecule has 2 aliphatic rings. The van der Waals surface area contributed by atoms with Crippen LogP contribution < -0.4 is 5.32 Å². The fourth-order valence-electron chi connectivity index (χ4n) is 4.88. The summed E-state index contributed by atoms with van der Waals surface area (Å²) in [7, 11) is -1.80. The van der Waals surface area contributed by atoms with Gasteiger partial charge in [0.15, 0.2) is 0 Å². The first-order valence-corrected chi connectivity index (χ1v) is 13.3. The van der Waals surface area contributed by atoms with Gasteiger partial charge in [0.1, 0.15) is 12.0 Å². The molecule has 0 aliphatic carbocycles. The van der Waals surface area contributed by atoms with E-state index in [2.05, 4.69) is 5.32 Å². The highest BCUT2D eigenvalue weighted by atomic mass is 19.3. The quantitative estimate of drug-likeness (QED) is 0.321. The first-order valence-electron chi connectivity index (χ1n) is 13.3. The Labute approximate surface area is 228 Å². The second kappa shape index (κ2) is 13.4. The molecule has 0 aromatic heterocycles. The maximum Gasteiger partial charge on any atom is 0.475 e. The molecular weight excluding hydrogens is 509 g/mol. The number of ether oxygens (including phenoxy) is 1. The fraction of sp³-hybridized carbons (Fsp3) is 0.593. The van der Waals surface area contributed by atoms with Gasteiger partial charge in [-0.2, -0.15) is 5.26 Å². The lowest BCUT2D eigenvalue weighted by atomic mass is 9.76. The molecule has 0 saturated carbocycles. The van der Waals surface area contributed by atoms with E-state index in [-0.39, 0.29) is 32.5 Å². The van der Waals surface area contributed by atoms with Crippen LogP contribution >= 0.6 is 0 Å². The number of nitrogens with one attached hydrogen (secondary N) is 1. The molecule has 2 fully saturated rings. The first-order chi connectivity index (χ1) is 18.4. The predicted molar refractivity (Wildman–Crippen MR) is 141 cm³/mol. The third kappa shape index (κ3) is 9.02. The molecule has 2 heterocycles. The molecule has 39 heavy (non-hydrogen) atoms. The van der Waals surface area contributed by atoms with Crippen molar-refractivity contribution in [1.82, 2.24) is 15.1 Å². The minimum Gasteiger partial charge on any atom is -0.444 e. The van der Waals surface area contributed by atoms with Gasteiger partial charge in [0.05, 0.1) is 25.1 Å². The molecule has 2 aliphatic heterocycles. The van der Waals surface area contributed by atoms with Gasteiger partial charge < -0.3 is 25.0 Å². The molecule has 2 saturated heterocycles. The van der Waals surface area contributed by atoms with E-state index in [0.29, 0.717) is 25.8 Å². The SMILES string of the molecule is CC(C)(/C=C/C(C#N)C(=O)N1CCCC[C@H](OC(=O)N[C@@H](Cc2ccccc2)B(O)O)C1)N1CCC(F)(F)C1. The number of carbonyl (C=O) groups is 2. The van der Waals surface area contributed by atoms with E-state index in [1.165, 1.54) is 11.0 Å². The van der Waals surface area contributed by atoms with Crippen molar-refractivity contribution in [3.05, 3.63) is 48.0 Å². The van der Waals surface area contributed by atoms with Crippen LogP contribution in [-0.2, 0) is 16.0 Å². The maximum absolute atomic E-state index is 13.7. The zero-order chi connectivity index (χ0) is 28.6. The molecule has 12 heteroatoms. The van der Waals surface area contributed by atoms with Crippen molar-refractivity contribution in [3.63, 3.8) is 0 Å². The number of rotatable bonds is 9. The Hall–Kier alpha value is -3.01. The number of alkyl halides is 2. The second-order valence-electron chi connectivity index (χ2n) is 10.8. The number of alkyl carbamates (subject to hydrolysis) is 1. The Balaban J connectivity index is 1.59. The lowest BCUT2D eigenvalue weighted by Crippen LogP contribution is -2.49. The molecule has 1 aromatic rings. The summed E-state index contributed by atoms with van der Waals surface area (Å²) in [5, 5.41) is 31.7. The third-order valence-corrected chi connectivity index (χ3v) is 7.26. The number of hydrogen-bond acceptors (Lipinski definition) is 7. The molecule has 2 amide bonds. The maximum atomic E-state index is 13.7. The second-order valence-corrected chi connectivity index (χ2v) is 10.8. The normalized spacial score (nSPS) is 21.6. The van der Waals surface area contributed by atoms with Gasteiger partial charge in [0, 0.05) is 25.0 Å². The van der Waals surface area contributed by atoms with Crippen molar-refractivity contribution in [2.24, 2.45) is 5.92 Å². The summed E-state index contributed by atoms with van der Waals surface area (Å²) in [6.07, 6.45) is 3.44. The average Bonchev–Trinajstić information content (AvgIpc) is 3.10. The van der Waals surface area contributed by atoms with Gasteiger partial charge in [-0.05, 0) is 45.1 Å². The molecule has 212 valence electrons. The van der Waals surface area contributed by atoms with Crippen LogP contribution in [0.25, 0.3) is 0 Å². The zero-order valence-corrected chi connectivity index (χ0v) is 22.4. The van der Waals surface area contributed by atoms with Crippen molar-refractivity contribution in [2.45, 2.75) is 69.5 Å². The van der Waals surface area contributed by atoms with Gasteiger partial charge in [-0.3, -0.25) is 9.69 Å². The largest absolute Gasteiger partial charge is 0.475 e. The van der Waals surface area contributed by atoms with Crippen LogP contribution in [0.4, 0.5) is 13.6 Å². The van der Waals surface area contributed by atoms with Crippen LogP contribution in [-0.4, -0.2) is 88.7 Å². The number of carbonyl (C=O) groups excluding carboxylic acids is 2. The van der Waals surface area contributed by atoms with Crippen LogP contribution in [0.5, 0.6) is 0 Å². The van der Waals surface area contributed by atoms with Crippen LogP contribution in [0.3, 0.4) is 0 Å². The smallest absolute Gasteiger partial charge is 0.444 e. The Morgan fingerprint density at radius 1 is 1.28 bits per heavy atom. The molecular formula is C27H37BF2N4O5. The Bertz CT molecular complexity index is 1050. The van der Waals surface area contributed by atoms with Crippen LogP contribution in [0.2, 0.25) is 0 Å². The lowest BCUT2D eigenvalue weighted by molar-refractivity contribution is -0.133. The zero-order valence-electron chi connectivity index (χ0n) is 22.4. The standard InChI is InChI=1S/C27H37BF2N4O5/c1-26(2,34-15-13-27(29,30)19-34)12-11-21(17-31)24(35)33-14-7-6-10-22(18-33)39-25(36)32-23(28(37)38)16-20-8-4-3-5-9-20/h3-5,8-9,11-12,21-23,37-38H,6-7,10,13-16,18-19H2,1-2H3,(H,32,36)/b12-11+/t21?,22-,23-/m0/s1. The minimum absolute atomic E-state index is 0.0883. The summed E-state index contributed by atoms with van der Waals surface area (Å²) in [6.45, 7) is 3.87. The van der Waals surface area contributed by atoms with E-state index in [4.69, 9.17) is 4.74 Å². The van der Waals surface area contributed by atoms with Crippen LogP contribution in [0.1, 0.15) is 45.1 Å². The Morgan fingerprint density at radius 2 is 2.00 bits per heavy atom. The van der Waals surface area contributed by atoms with E-state index < -0.39 is 48.5 Å². The number of halogens is 2. The number of likely N-dealkylation sites (tertiary alicyclic amines) is 2. The highest BCUT2D eigenvalue weighted by Crippen LogP contribution is 2.32. The van der Waals surface area contributed by atoms with Gasteiger partial charge in [-0.1, -0.05) is 42.5 Å². The number of nitriles is 1. The van der Waals surface area contributed by atoms with Gasteiger partial charge in [0.2, 0.25) is 5.91 Å². The number of amides is 2. The topological polar surface area (TPSA) is 126 Å². The summed E-state index contributed by atoms with van der Waals surface area (Å²) < 4.78 is 32.9. The van der Waals surface area contributed by atoms with E-state index in [9.17, 15) is 33.7 Å². The van der Waals surface area contributed by atoms with Gasteiger partial charge in [0.25, 0.3) is 5.92 Å². The fourth-order valence-corrected chi connectivity index (χ4v) is 4.88.